The zero-order valence-electron chi connectivity index (χ0n) is 17.0. The van der Waals surface area contributed by atoms with Crippen LogP contribution in [0.5, 0.6) is 5.75 Å². The summed E-state index contributed by atoms with van der Waals surface area (Å²) in [6.45, 7) is 5.86. The first kappa shape index (κ1) is 21.8. The van der Waals surface area contributed by atoms with Gasteiger partial charge in [0.15, 0.2) is 0 Å². The molecule has 0 radical (unpaired) electrons. The van der Waals surface area contributed by atoms with Gasteiger partial charge in [0.1, 0.15) is 5.75 Å². The smallest absolute Gasteiger partial charge is 0.243 e. The predicted octanol–water partition coefficient (Wildman–Crippen LogP) is 2.32. The van der Waals surface area contributed by atoms with Crippen LogP contribution in [-0.4, -0.2) is 58.7 Å². The van der Waals surface area contributed by atoms with Gasteiger partial charge in [-0.3, -0.25) is 0 Å². The fourth-order valence-electron chi connectivity index (χ4n) is 3.41. The third kappa shape index (κ3) is 4.18. The number of methoxy groups -OCH3 is 1. The number of rotatable bonds is 5. The molecule has 0 unspecified atom stereocenters. The van der Waals surface area contributed by atoms with Crippen molar-refractivity contribution in [1.82, 2.24) is 8.61 Å². The zero-order chi connectivity index (χ0) is 21.4. The molecule has 0 saturated carbocycles. The van der Waals surface area contributed by atoms with E-state index >= 15 is 0 Å². The molecule has 0 atom stereocenters. The number of piperazine rings is 1. The number of nitrogens with zero attached hydrogens (tertiary/aromatic N) is 2. The van der Waals surface area contributed by atoms with Crippen molar-refractivity contribution in [1.29, 1.82) is 0 Å². The summed E-state index contributed by atoms with van der Waals surface area (Å²) >= 11 is 0. The summed E-state index contributed by atoms with van der Waals surface area (Å²) in [5, 5.41) is 0. The molecule has 0 spiro atoms. The maximum Gasteiger partial charge on any atom is 0.243 e. The molecule has 0 bridgehead atoms. The van der Waals surface area contributed by atoms with Crippen LogP contribution in [-0.2, 0) is 20.0 Å². The number of sulfonamides is 2. The lowest BCUT2D eigenvalue weighted by molar-refractivity contribution is 0.272. The van der Waals surface area contributed by atoms with Crippen LogP contribution >= 0.6 is 0 Å². The van der Waals surface area contributed by atoms with Crippen molar-refractivity contribution in [3.8, 4) is 5.75 Å². The molecule has 1 fully saturated rings. The topological polar surface area (TPSA) is 84.0 Å². The number of hydrogen-bond donors (Lipinski definition) is 0. The van der Waals surface area contributed by atoms with Gasteiger partial charge in [-0.1, -0.05) is 17.7 Å². The molecule has 1 aliphatic heterocycles. The van der Waals surface area contributed by atoms with E-state index < -0.39 is 20.0 Å². The molecule has 158 valence electrons. The Bertz CT molecular complexity index is 1100. The van der Waals surface area contributed by atoms with Crippen LogP contribution in [0.4, 0.5) is 0 Å². The normalized spacial score (nSPS) is 16.7. The molecule has 1 heterocycles. The van der Waals surface area contributed by atoms with Gasteiger partial charge in [-0.15, -0.1) is 0 Å². The molecule has 0 amide bonds. The van der Waals surface area contributed by atoms with Crippen molar-refractivity contribution < 1.29 is 21.6 Å². The van der Waals surface area contributed by atoms with Crippen LogP contribution in [0.1, 0.15) is 16.7 Å². The first-order chi connectivity index (χ1) is 13.6. The van der Waals surface area contributed by atoms with Crippen LogP contribution in [0.2, 0.25) is 0 Å². The molecule has 7 nitrogen and oxygen atoms in total. The molecular formula is C20H26N2O5S2. The standard InChI is InChI=1S/C20H26N2O5S2/c1-15-5-7-18(8-6-15)28(23,24)21-9-11-22(12-10-21)29(25,26)20-14-16(2)19(27-4)13-17(20)3/h5-8,13-14H,9-12H2,1-4H3. The molecule has 1 aliphatic rings. The van der Waals surface area contributed by atoms with E-state index in [9.17, 15) is 16.8 Å². The first-order valence-corrected chi connectivity index (χ1v) is 12.2. The summed E-state index contributed by atoms with van der Waals surface area (Å²) in [6, 6.07) is 9.98. The van der Waals surface area contributed by atoms with E-state index in [0.29, 0.717) is 11.3 Å². The molecule has 1 saturated heterocycles. The predicted molar refractivity (Wildman–Crippen MR) is 111 cm³/mol. The third-order valence-corrected chi connectivity index (χ3v) is 9.12. The summed E-state index contributed by atoms with van der Waals surface area (Å²) in [7, 11) is -5.82. The minimum atomic E-state index is -3.72. The highest BCUT2D eigenvalue weighted by Gasteiger charge is 2.34. The van der Waals surface area contributed by atoms with E-state index in [0.717, 1.165) is 11.1 Å². The summed E-state index contributed by atoms with van der Waals surface area (Å²) in [5.74, 6) is 0.635. The molecule has 29 heavy (non-hydrogen) atoms. The van der Waals surface area contributed by atoms with Gasteiger partial charge in [0, 0.05) is 26.2 Å². The van der Waals surface area contributed by atoms with Gasteiger partial charge in [-0.2, -0.15) is 8.61 Å². The van der Waals surface area contributed by atoms with Gasteiger partial charge < -0.3 is 4.74 Å². The van der Waals surface area contributed by atoms with Crippen molar-refractivity contribution in [3.63, 3.8) is 0 Å². The van der Waals surface area contributed by atoms with Gasteiger partial charge in [-0.05, 0) is 56.2 Å². The maximum atomic E-state index is 13.1. The second-order valence-electron chi connectivity index (χ2n) is 7.21. The van der Waals surface area contributed by atoms with Gasteiger partial charge in [0.25, 0.3) is 0 Å². The lowest BCUT2D eigenvalue weighted by atomic mass is 10.1. The average Bonchev–Trinajstić information content (AvgIpc) is 2.69. The molecule has 0 aromatic heterocycles. The minimum Gasteiger partial charge on any atom is -0.496 e. The van der Waals surface area contributed by atoms with E-state index in [1.165, 1.54) is 8.61 Å². The van der Waals surface area contributed by atoms with Crippen LogP contribution in [0.3, 0.4) is 0 Å². The molecular weight excluding hydrogens is 412 g/mol. The summed E-state index contributed by atoms with van der Waals surface area (Å²) in [5.41, 5.74) is 2.31. The Balaban J connectivity index is 1.80. The Kier molecular flexibility index (Phi) is 6.05. The molecule has 9 heteroatoms. The molecule has 2 aromatic rings. The summed E-state index contributed by atoms with van der Waals surface area (Å²) in [4.78, 5) is 0.451. The van der Waals surface area contributed by atoms with Crippen molar-refractivity contribution in [2.24, 2.45) is 0 Å². The fraction of sp³-hybridized carbons (Fsp3) is 0.400. The van der Waals surface area contributed by atoms with Crippen LogP contribution < -0.4 is 4.74 Å². The number of ether oxygens (including phenoxy) is 1. The molecule has 3 rings (SSSR count). The van der Waals surface area contributed by atoms with Gasteiger partial charge in [0.2, 0.25) is 20.0 Å². The van der Waals surface area contributed by atoms with E-state index in [2.05, 4.69) is 0 Å². The SMILES string of the molecule is COc1cc(C)c(S(=O)(=O)N2CCN(S(=O)(=O)c3ccc(C)cc3)CC2)cc1C. The highest BCUT2D eigenvalue weighted by atomic mass is 32.2. The van der Waals surface area contributed by atoms with Crippen LogP contribution in [0, 0.1) is 20.8 Å². The largest absolute Gasteiger partial charge is 0.496 e. The van der Waals surface area contributed by atoms with Crippen LogP contribution in [0.15, 0.2) is 46.2 Å². The molecule has 0 aliphatic carbocycles. The van der Waals surface area contributed by atoms with Gasteiger partial charge in [-0.25, -0.2) is 16.8 Å². The van der Waals surface area contributed by atoms with E-state index in [1.54, 1.807) is 57.4 Å². The van der Waals surface area contributed by atoms with Crippen molar-refractivity contribution in [2.45, 2.75) is 30.6 Å². The van der Waals surface area contributed by atoms with E-state index in [1.807, 2.05) is 6.92 Å². The van der Waals surface area contributed by atoms with Crippen molar-refractivity contribution >= 4 is 20.0 Å². The minimum absolute atomic E-state index is 0.109. The Morgan fingerprint density at radius 2 is 1.28 bits per heavy atom. The lowest BCUT2D eigenvalue weighted by Gasteiger charge is -2.33. The van der Waals surface area contributed by atoms with Crippen molar-refractivity contribution in [3.05, 3.63) is 53.1 Å². The Morgan fingerprint density at radius 1 is 0.759 bits per heavy atom. The van der Waals surface area contributed by atoms with E-state index in [4.69, 9.17) is 4.74 Å². The van der Waals surface area contributed by atoms with Crippen molar-refractivity contribution in [2.75, 3.05) is 33.3 Å². The first-order valence-electron chi connectivity index (χ1n) is 9.29. The fourth-order valence-corrected chi connectivity index (χ4v) is 6.55. The number of hydrogen-bond acceptors (Lipinski definition) is 5. The highest BCUT2D eigenvalue weighted by molar-refractivity contribution is 7.89. The molecule has 0 N–H and O–H groups in total. The summed E-state index contributed by atoms with van der Waals surface area (Å²) in [6.07, 6.45) is 0. The Hall–Kier alpha value is -1.94. The second-order valence-corrected chi connectivity index (χ2v) is 11.1. The lowest BCUT2D eigenvalue weighted by Crippen LogP contribution is -2.50. The van der Waals surface area contributed by atoms with Gasteiger partial charge >= 0.3 is 0 Å². The Morgan fingerprint density at radius 3 is 1.79 bits per heavy atom. The average molecular weight is 439 g/mol. The maximum absolute atomic E-state index is 13.1. The highest BCUT2D eigenvalue weighted by Crippen LogP contribution is 2.29. The number of aryl methyl sites for hydroxylation is 3. The quantitative estimate of drug-likeness (QED) is 0.715. The monoisotopic (exact) mass is 438 g/mol. The summed E-state index contributed by atoms with van der Waals surface area (Å²) < 4.78 is 59.9. The number of benzene rings is 2. The molecule has 2 aromatic carbocycles. The zero-order valence-corrected chi connectivity index (χ0v) is 18.7. The second kappa shape index (κ2) is 8.06. The third-order valence-electron chi connectivity index (χ3n) is 5.17. The van der Waals surface area contributed by atoms with Gasteiger partial charge in [0.05, 0.1) is 16.9 Å². The van der Waals surface area contributed by atoms with Crippen LogP contribution in [0.25, 0.3) is 0 Å². The Labute approximate surface area is 173 Å². The van der Waals surface area contributed by atoms with E-state index in [-0.39, 0.29) is 36.0 Å².